The molecule has 0 bridgehead atoms. The van der Waals surface area contributed by atoms with Crippen molar-refractivity contribution in [3.63, 3.8) is 0 Å². The molecule has 0 heterocycles. The van der Waals surface area contributed by atoms with Crippen LogP contribution in [0.1, 0.15) is 19.8 Å². The molecular weight excluding hydrogens is 262 g/mol. The number of thioether (sulfide) groups is 1. The molecule has 1 unspecified atom stereocenters. The van der Waals surface area contributed by atoms with Crippen molar-refractivity contribution in [2.75, 3.05) is 30.1 Å². The SMILES string of the molecule is CCCNC(CCSCCS(C)(=O)=O)C(=O)O. The largest absolute Gasteiger partial charge is 0.480 e. The van der Waals surface area contributed by atoms with Crippen LogP contribution in [0.3, 0.4) is 0 Å². The summed E-state index contributed by atoms with van der Waals surface area (Å²) in [6.07, 6.45) is 2.62. The lowest BCUT2D eigenvalue weighted by atomic mass is 10.2. The van der Waals surface area contributed by atoms with Crippen LogP contribution in [0, 0.1) is 0 Å². The van der Waals surface area contributed by atoms with Crippen molar-refractivity contribution in [2.24, 2.45) is 0 Å². The van der Waals surface area contributed by atoms with E-state index < -0.39 is 21.8 Å². The Labute approximate surface area is 107 Å². The number of sulfone groups is 1. The molecule has 0 radical (unpaired) electrons. The van der Waals surface area contributed by atoms with E-state index in [0.29, 0.717) is 24.5 Å². The molecule has 0 spiro atoms. The fourth-order valence-corrected chi connectivity index (χ4v) is 3.43. The summed E-state index contributed by atoms with van der Waals surface area (Å²) in [4.78, 5) is 10.9. The fourth-order valence-electron chi connectivity index (χ4n) is 1.14. The van der Waals surface area contributed by atoms with Gasteiger partial charge in [-0.3, -0.25) is 4.79 Å². The lowest BCUT2D eigenvalue weighted by molar-refractivity contribution is -0.139. The highest BCUT2D eigenvalue weighted by Crippen LogP contribution is 2.06. The van der Waals surface area contributed by atoms with Crippen molar-refractivity contribution in [2.45, 2.75) is 25.8 Å². The molecule has 0 amide bonds. The Hall–Kier alpha value is -0.270. The predicted octanol–water partition coefficient (Wildman–Crippen LogP) is 0.607. The molecule has 5 nitrogen and oxygen atoms in total. The summed E-state index contributed by atoms with van der Waals surface area (Å²) in [6, 6.07) is -0.527. The van der Waals surface area contributed by atoms with Crippen LogP contribution in [0.5, 0.6) is 0 Å². The average molecular weight is 283 g/mol. The molecule has 1 atom stereocenters. The van der Waals surface area contributed by atoms with Gasteiger partial charge in [-0.1, -0.05) is 6.92 Å². The average Bonchev–Trinajstić information content (AvgIpc) is 2.20. The third-order valence-electron chi connectivity index (χ3n) is 2.09. The molecule has 17 heavy (non-hydrogen) atoms. The minimum absolute atomic E-state index is 0.151. The predicted molar refractivity (Wildman–Crippen MR) is 71.4 cm³/mol. The Balaban J connectivity index is 3.72. The smallest absolute Gasteiger partial charge is 0.320 e. The van der Waals surface area contributed by atoms with Crippen LogP contribution in [0.15, 0.2) is 0 Å². The third kappa shape index (κ3) is 10.6. The molecule has 0 saturated heterocycles. The van der Waals surface area contributed by atoms with Gasteiger partial charge in [-0.25, -0.2) is 8.42 Å². The second-order valence-corrected chi connectivity index (χ2v) is 7.36. The molecule has 102 valence electrons. The van der Waals surface area contributed by atoms with Crippen LogP contribution in [0.4, 0.5) is 0 Å². The van der Waals surface area contributed by atoms with Gasteiger partial charge in [0.1, 0.15) is 15.9 Å². The highest BCUT2D eigenvalue weighted by atomic mass is 32.2. The van der Waals surface area contributed by atoms with Gasteiger partial charge in [0, 0.05) is 12.0 Å². The number of hydrogen-bond donors (Lipinski definition) is 2. The van der Waals surface area contributed by atoms with Gasteiger partial charge in [0.2, 0.25) is 0 Å². The van der Waals surface area contributed by atoms with Crippen molar-refractivity contribution in [1.82, 2.24) is 5.32 Å². The first kappa shape index (κ1) is 16.7. The molecule has 2 N–H and O–H groups in total. The summed E-state index contributed by atoms with van der Waals surface area (Å²) in [5, 5.41) is 11.9. The molecule has 0 rings (SSSR count). The number of carbonyl (C=O) groups is 1. The number of carboxylic acid groups (broad SMARTS) is 1. The maximum Gasteiger partial charge on any atom is 0.320 e. The van der Waals surface area contributed by atoms with Crippen molar-refractivity contribution in [3.05, 3.63) is 0 Å². The number of aliphatic carboxylic acids is 1. The zero-order valence-corrected chi connectivity index (χ0v) is 11.9. The monoisotopic (exact) mass is 283 g/mol. The third-order valence-corrected chi connectivity index (χ3v) is 4.31. The topological polar surface area (TPSA) is 83.5 Å². The van der Waals surface area contributed by atoms with E-state index in [1.165, 1.54) is 18.0 Å². The molecule has 0 aliphatic carbocycles. The Morgan fingerprint density at radius 3 is 2.53 bits per heavy atom. The van der Waals surface area contributed by atoms with Crippen molar-refractivity contribution < 1.29 is 18.3 Å². The van der Waals surface area contributed by atoms with Gasteiger partial charge < -0.3 is 10.4 Å². The molecular formula is C10H21NO4S2. The summed E-state index contributed by atoms with van der Waals surface area (Å²) in [7, 11) is -2.91. The van der Waals surface area contributed by atoms with Gasteiger partial charge in [0.05, 0.1) is 5.75 Å². The van der Waals surface area contributed by atoms with Gasteiger partial charge in [0.15, 0.2) is 0 Å². The summed E-state index contributed by atoms with van der Waals surface area (Å²) in [5.74, 6) is 0.488. The fraction of sp³-hybridized carbons (Fsp3) is 0.900. The van der Waals surface area contributed by atoms with E-state index in [-0.39, 0.29) is 5.75 Å². The van der Waals surface area contributed by atoms with E-state index in [1.807, 2.05) is 6.92 Å². The molecule has 0 aliphatic rings. The normalized spacial score (nSPS) is 13.5. The van der Waals surface area contributed by atoms with E-state index in [4.69, 9.17) is 5.11 Å². The van der Waals surface area contributed by atoms with Gasteiger partial charge in [0.25, 0.3) is 0 Å². The maximum absolute atomic E-state index is 10.9. The number of nitrogens with one attached hydrogen (secondary N) is 1. The molecule has 0 fully saturated rings. The van der Waals surface area contributed by atoms with E-state index in [9.17, 15) is 13.2 Å². The van der Waals surface area contributed by atoms with Crippen LogP contribution < -0.4 is 5.32 Å². The molecule has 0 aromatic carbocycles. The first-order valence-corrected chi connectivity index (χ1v) is 8.80. The number of carboxylic acids is 1. The first-order chi connectivity index (χ1) is 7.87. The lowest BCUT2D eigenvalue weighted by Gasteiger charge is -2.13. The number of rotatable bonds is 10. The second-order valence-electron chi connectivity index (χ2n) is 3.88. The Bertz CT molecular complexity index is 316. The van der Waals surface area contributed by atoms with Gasteiger partial charge >= 0.3 is 5.97 Å². The quantitative estimate of drug-likeness (QED) is 0.572. The van der Waals surface area contributed by atoms with Gasteiger partial charge in [-0.2, -0.15) is 11.8 Å². The highest BCUT2D eigenvalue weighted by molar-refractivity contribution is 8.00. The van der Waals surface area contributed by atoms with Crippen LogP contribution >= 0.6 is 11.8 Å². The zero-order chi connectivity index (χ0) is 13.3. The van der Waals surface area contributed by atoms with Crippen LogP contribution in [-0.4, -0.2) is 55.6 Å². The van der Waals surface area contributed by atoms with E-state index >= 15 is 0 Å². The minimum Gasteiger partial charge on any atom is -0.480 e. The van der Waals surface area contributed by atoms with Crippen molar-refractivity contribution in [3.8, 4) is 0 Å². The lowest BCUT2D eigenvalue weighted by Crippen LogP contribution is -2.37. The van der Waals surface area contributed by atoms with Crippen molar-refractivity contribution >= 4 is 27.6 Å². The summed E-state index contributed by atoms with van der Waals surface area (Å²) >= 11 is 1.48. The standard InChI is InChI=1S/C10H21NO4S2/c1-3-5-11-9(10(12)13)4-6-16-7-8-17(2,14)15/h9,11H,3-8H2,1-2H3,(H,12,13). The summed E-state index contributed by atoms with van der Waals surface area (Å²) in [5.41, 5.74) is 0. The molecule has 0 aromatic rings. The minimum atomic E-state index is -2.91. The Morgan fingerprint density at radius 2 is 2.06 bits per heavy atom. The first-order valence-electron chi connectivity index (χ1n) is 5.58. The maximum atomic E-state index is 10.9. The second kappa shape index (κ2) is 8.77. The molecule has 0 aromatic heterocycles. The summed E-state index contributed by atoms with van der Waals surface area (Å²) < 4.78 is 21.7. The van der Waals surface area contributed by atoms with Crippen molar-refractivity contribution in [1.29, 1.82) is 0 Å². The van der Waals surface area contributed by atoms with Gasteiger partial charge in [-0.05, 0) is 25.1 Å². The summed E-state index contributed by atoms with van der Waals surface area (Å²) in [6.45, 7) is 2.66. The Kier molecular flexibility index (Phi) is 8.63. The van der Waals surface area contributed by atoms with Gasteiger partial charge in [-0.15, -0.1) is 0 Å². The molecule has 0 saturated carbocycles. The van der Waals surface area contributed by atoms with Crippen LogP contribution in [-0.2, 0) is 14.6 Å². The van der Waals surface area contributed by atoms with E-state index in [2.05, 4.69) is 5.32 Å². The van der Waals surface area contributed by atoms with E-state index in [1.54, 1.807) is 0 Å². The van der Waals surface area contributed by atoms with Crippen LogP contribution in [0.25, 0.3) is 0 Å². The van der Waals surface area contributed by atoms with E-state index in [0.717, 1.165) is 6.42 Å². The zero-order valence-electron chi connectivity index (χ0n) is 10.3. The molecule has 0 aliphatic heterocycles. The van der Waals surface area contributed by atoms with Crippen LogP contribution in [0.2, 0.25) is 0 Å². The molecule has 7 heteroatoms. The number of hydrogen-bond acceptors (Lipinski definition) is 5. The highest BCUT2D eigenvalue weighted by Gasteiger charge is 2.15. The Morgan fingerprint density at radius 1 is 1.41 bits per heavy atom.